The SMILES string of the molecule is Cc1ccc(Oc2ccc(N3C(=S)N[C@@H](c4ccccn4)[C@H]3c3cc(C)n(-c4ccc(C)cn4)c3C)cc2)cc1. The molecule has 6 rings (SSSR count). The van der Waals surface area contributed by atoms with Crippen molar-refractivity contribution in [1.82, 2.24) is 19.9 Å². The largest absolute Gasteiger partial charge is 0.457 e. The van der Waals surface area contributed by atoms with Crippen molar-refractivity contribution in [1.29, 1.82) is 0 Å². The zero-order valence-electron chi connectivity index (χ0n) is 23.0. The molecule has 0 unspecified atom stereocenters. The number of pyridine rings is 2. The van der Waals surface area contributed by atoms with E-state index in [0.29, 0.717) is 5.11 Å². The van der Waals surface area contributed by atoms with Gasteiger partial charge in [-0.3, -0.25) is 4.98 Å². The molecule has 6 nitrogen and oxygen atoms in total. The van der Waals surface area contributed by atoms with Gasteiger partial charge in [0.2, 0.25) is 0 Å². The minimum absolute atomic E-state index is 0.114. The van der Waals surface area contributed by atoms with Gasteiger partial charge >= 0.3 is 0 Å². The van der Waals surface area contributed by atoms with Crippen LogP contribution in [0.3, 0.4) is 0 Å². The van der Waals surface area contributed by atoms with E-state index >= 15 is 0 Å². The van der Waals surface area contributed by atoms with Gasteiger partial charge in [0.15, 0.2) is 5.11 Å². The Kier molecular flexibility index (Phi) is 6.82. The van der Waals surface area contributed by atoms with Crippen molar-refractivity contribution in [3.05, 3.63) is 131 Å². The number of ether oxygens (including phenoxy) is 1. The molecule has 0 radical (unpaired) electrons. The molecule has 1 aliphatic heterocycles. The fourth-order valence-corrected chi connectivity index (χ4v) is 5.74. The van der Waals surface area contributed by atoms with Crippen LogP contribution in [0.15, 0.2) is 97.3 Å². The zero-order valence-corrected chi connectivity index (χ0v) is 23.8. The normalized spacial score (nSPS) is 16.7. The number of hydrogen-bond donors (Lipinski definition) is 1. The predicted octanol–water partition coefficient (Wildman–Crippen LogP) is 7.47. The van der Waals surface area contributed by atoms with E-state index in [-0.39, 0.29) is 12.1 Å². The molecule has 2 atom stereocenters. The van der Waals surface area contributed by atoms with Crippen molar-refractivity contribution >= 4 is 23.0 Å². The van der Waals surface area contributed by atoms with Crippen LogP contribution in [0.2, 0.25) is 0 Å². The summed E-state index contributed by atoms with van der Waals surface area (Å²) in [6.07, 6.45) is 3.74. The number of nitrogens with zero attached hydrogens (tertiary/aromatic N) is 4. The first kappa shape index (κ1) is 25.8. The van der Waals surface area contributed by atoms with Crippen molar-refractivity contribution in [2.45, 2.75) is 39.8 Å². The fourth-order valence-electron chi connectivity index (χ4n) is 5.40. The molecule has 0 amide bonds. The summed E-state index contributed by atoms with van der Waals surface area (Å²) < 4.78 is 8.30. The average molecular weight is 546 g/mol. The van der Waals surface area contributed by atoms with Crippen molar-refractivity contribution in [3.8, 4) is 17.3 Å². The summed E-state index contributed by atoms with van der Waals surface area (Å²) in [4.78, 5) is 11.6. The first-order valence-electron chi connectivity index (χ1n) is 13.4. The van der Waals surface area contributed by atoms with Gasteiger partial charge < -0.3 is 19.5 Å². The van der Waals surface area contributed by atoms with Gasteiger partial charge in [0.1, 0.15) is 17.3 Å². The molecule has 1 N–H and O–H groups in total. The second kappa shape index (κ2) is 10.6. The maximum atomic E-state index is 6.09. The zero-order chi connectivity index (χ0) is 27.8. The van der Waals surface area contributed by atoms with Crippen molar-refractivity contribution in [2.24, 2.45) is 0 Å². The summed E-state index contributed by atoms with van der Waals surface area (Å²) in [5, 5.41) is 4.23. The molecule has 1 fully saturated rings. The first-order valence-corrected chi connectivity index (χ1v) is 13.8. The number of nitrogens with one attached hydrogen (secondary N) is 1. The maximum absolute atomic E-state index is 6.09. The number of benzene rings is 2. The monoisotopic (exact) mass is 545 g/mol. The lowest BCUT2D eigenvalue weighted by Crippen LogP contribution is -2.29. The minimum atomic E-state index is -0.128. The highest BCUT2D eigenvalue weighted by atomic mass is 32.1. The summed E-state index contributed by atoms with van der Waals surface area (Å²) >= 11 is 5.95. The van der Waals surface area contributed by atoms with Gasteiger partial charge in [-0.1, -0.05) is 29.8 Å². The van der Waals surface area contributed by atoms with Crippen LogP contribution in [0.1, 0.15) is 45.9 Å². The number of aromatic nitrogens is 3. The molecular weight excluding hydrogens is 514 g/mol. The van der Waals surface area contributed by atoms with Crippen molar-refractivity contribution in [3.63, 3.8) is 0 Å². The number of rotatable bonds is 6. The molecule has 0 aliphatic carbocycles. The highest BCUT2D eigenvalue weighted by molar-refractivity contribution is 7.80. The summed E-state index contributed by atoms with van der Waals surface area (Å²) in [5.74, 6) is 2.48. The molecule has 2 aromatic carbocycles. The van der Waals surface area contributed by atoms with Gasteiger partial charge in [-0.25, -0.2) is 4.98 Å². The number of hydrogen-bond acceptors (Lipinski definition) is 4. The van der Waals surface area contributed by atoms with Crippen molar-refractivity contribution < 1.29 is 4.74 Å². The second-order valence-corrected chi connectivity index (χ2v) is 10.6. The van der Waals surface area contributed by atoms with Gasteiger partial charge in [-0.15, -0.1) is 0 Å². The minimum Gasteiger partial charge on any atom is -0.457 e. The van der Waals surface area contributed by atoms with Gasteiger partial charge in [0.05, 0.1) is 17.8 Å². The molecule has 40 heavy (non-hydrogen) atoms. The predicted molar refractivity (Wildman–Crippen MR) is 163 cm³/mol. The standard InChI is InChI=1S/C33H31N5OS/c1-21-8-13-26(14-9-21)39-27-15-11-25(12-16-27)38-32(31(36-33(38)40)29-7-5-6-18-34-29)28-19-23(3)37(24(28)4)30-17-10-22(2)20-35-30/h5-20,31-32H,1-4H3,(H,36,40)/t31-,32+/m0/s1. The molecule has 4 heterocycles. The van der Waals surface area contributed by atoms with E-state index in [1.165, 1.54) is 11.1 Å². The van der Waals surface area contributed by atoms with Crippen LogP contribution in [-0.4, -0.2) is 19.6 Å². The number of anilines is 1. The van der Waals surface area contributed by atoms with E-state index in [9.17, 15) is 0 Å². The summed E-state index contributed by atoms with van der Waals surface area (Å²) in [5.41, 5.74) is 7.66. The van der Waals surface area contributed by atoms with Gasteiger partial charge in [-0.2, -0.15) is 0 Å². The van der Waals surface area contributed by atoms with Crippen LogP contribution in [0.4, 0.5) is 5.69 Å². The number of aryl methyl sites for hydroxylation is 3. The van der Waals surface area contributed by atoms with Gasteiger partial charge in [0, 0.05) is 29.5 Å². The first-order chi connectivity index (χ1) is 19.4. The Labute approximate surface area is 240 Å². The Bertz CT molecular complexity index is 1640. The van der Waals surface area contributed by atoms with E-state index in [4.69, 9.17) is 26.9 Å². The summed E-state index contributed by atoms with van der Waals surface area (Å²) in [6, 6.07) is 28.3. The molecular formula is C33H31N5OS. The van der Waals surface area contributed by atoms with Crippen LogP contribution in [0.5, 0.6) is 11.5 Å². The molecule has 7 heteroatoms. The van der Waals surface area contributed by atoms with Crippen molar-refractivity contribution in [2.75, 3.05) is 4.90 Å². The maximum Gasteiger partial charge on any atom is 0.174 e. The third-order valence-corrected chi connectivity index (χ3v) is 7.70. The Hall–Kier alpha value is -4.49. The molecule has 0 saturated carbocycles. The molecule has 3 aromatic heterocycles. The Morgan fingerprint density at radius 3 is 2.15 bits per heavy atom. The van der Waals surface area contributed by atoms with Crippen LogP contribution in [-0.2, 0) is 0 Å². The van der Waals surface area contributed by atoms with Crippen LogP contribution in [0, 0.1) is 27.7 Å². The average Bonchev–Trinajstić information content (AvgIpc) is 3.46. The second-order valence-electron chi connectivity index (χ2n) is 10.3. The third-order valence-electron chi connectivity index (χ3n) is 7.38. The van der Waals surface area contributed by atoms with Crippen LogP contribution in [0.25, 0.3) is 5.82 Å². The molecule has 5 aromatic rings. The molecule has 200 valence electrons. The lowest BCUT2D eigenvalue weighted by molar-refractivity contribution is 0.482. The molecule has 0 bridgehead atoms. The van der Waals surface area contributed by atoms with E-state index in [1.54, 1.807) is 0 Å². The van der Waals surface area contributed by atoms with E-state index in [0.717, 1.165) is 45.6 Å². The molecule has 1 aliphatic rings. The highest BCUT2D eigenvalue weighted by Crippen LogP contribution is 2.44. The molecule has 1 saturated heterocycles. The summed E-state index contributed by atoms with van der Waals surface area (Å²) in [6.45, 7) is 8.39. The van der Waals surface area contributed by atoms with E-state index < -0.39 is 0 Å². The van der Waals surface area contributed by atoms with Gasteiger partial charge in [0.25, 0.3) is 0 Å². The van der Waals surface area contributed by atoms with Gasteiger partial charge in [-0.05, 0) is 112 Å². The van der Waals surface area contributed by atoms with Crippen LogP contribution < -0.4 is 15.0 Å². The summed E-state index contributed by atoms with van der Waals surface area (Å²) in [7, 11) is 0. The lowest BCUT2D eigenvalue weighted by Gasteiger charge is -2.28. The Balaban J connectivity index is 1.40. The molecule has 0 spiro atoms. The number of thiocarbonyl (C=S) groups is 1. The highest BCUT2D eigenvalue weighted by Gasteiger charge is 2.42. The smallest absolute Gasteiger partial charge is 0.174 e. The quantitative estimate of drug-likeness (QED) is 0.223. The van der Waals surface area contributed by atoms with Crippen LogP contribution >= 0.6 is 12.2 Å². The lowest BCUT2D eigenvalue weighted by atomic mass is 9.96. The van der Waals surface area contributed by atoms with E-state index in [2.05, 4.69) is 78.9 Å². The van der Waals surface area contributed by atoms with E-state index in [1.807, 2.05) is 60.9 Å². The Morgan fingerprint density at radius 1 is 0.800 bits per heavy atom. The fraction of sp³-hybridized carbons (Fsp3) is 0.182. The Morgan fingerprint density at radius 2 is 1.50 bits per heavy atom. The third kappa shape index (κ3) is 4.84. The topological polar surface area (TPSA) is 55.2 Å².